The molecule has 0 aliphatic heterocycles. The van der Waals surface area contributed by atoms with Gasteiger partial charge in [0.1, 0.15) is 0 Å². The molecule has 1 amide bonds. The third-order valence-electron chi connectivity index (χ3n) is 3.44. The number of hydrogen-bond donors (Lipinski definition) is 2. The summed E-state index contributed by atoms with van der Waals surface area (Å²) < 4.78 is 4.94. The van der Waals surface area contributed by atoms with E-state index in [-0.39, 0.29) is 5.91 Å². The molecule has 0 aliphatic rings. The van der Waals surface area contributed by atoms with Crippen molar-refractivity contribution in [3.05, 3.63) is 47.3 Å². The topological polar surface area (TPSA) is 76.1 Å². The molecule has 2 aromatic rings. The van der Waals surface area contributed by atoms with Gasteiger partial charge in [0.2, 0.25) is 5.95 Å². The molecule has 0 saturated carbocycles. The molecule has 0 saturated heterocycles. The van der Waals surface area contributed by atoms with Crippen molar-refractivity contribution in [3.63, 3.8) is 0 Å². The number of carbonyl (C=O) groups excluding carboxylic acids is 1. The molecule has 0 aliphatic carbocycles. The second-order valence-corrected chi connectivity index (χ2v) is 5.29. The second-order valence-electron chi connectivity index (χ2n) is 5.29. The van der Waals surface area contributed by atoms with E-state index in [2.05, 4.69) is 20.6 Å². The normalized spacial score (nSPS) is 10.4. The van der Waals surface area contributed by atoms with Crippen LogP contribution in [-0.4, -0.2) is 36.1 Å². The van der Waals surface area contributed by atoms with Crippen LogP contribution in [0.5, 0.6) is 0 Å². The quantitative estimate of drug-likeness (QED) is 0.768. The van der Waals surface area contributed by atoms with Crippen LogP contribution in [0, 0.1) is 13.8 Å². The smallest absolute Gasteiger partial charge is 0.254 e. The van der Waals surface area contributed by atoms with E-state index < -0.39 is 0 Å². The van der Waals surface area contributed by atoms with E-state index in [0.29, 0.717) is 24.7 Å². The number of para-hydroxylation sites is 1. The van der Waals surface area contributed by atoms with Gasteiger partial charge in [-0.25, -0.2) is 9.97 Å². The van der Waals surface area contributed by atoms with Gasteiger partial charge in [-0.3, -0.25) is 4.79 Å². The molecule has 2 N–H and O–H groups in total. The Morgan fingerprint density at radius 1 is 1.17 bits per heavy atom. The van der Waals surface area contributed by atoms with E-state index in [9.17, 15) is 4.79 Å². The average molecular weight is 314 g/mol. The Bertz CT molecular complexity index is 636. The molecule has 0 spiro atoms. The van der Waals surface area contributed by atoms with Crippen LogP contribution in [-0.2, 0) is 4.74 Å². The van der Waals surface area contributed by atoms with Gasteiger partial charge >= 0.3 is 0 Å². The molecule has 0 unspecified atom stereocenters. The molecule has 1 heterocycles. The van der Waals surface area contributed by atoms with Crippen LogP contribution in [0.15, 0.2) is 30.6 Å². The lowest BCUT2D eigenvalue weighted by Crippen LogP contribution is -2.25. The molecular weight excluding hydrogens is 292 g/mol. The number of rotatable bonds is 7. The molecule has 1 aromatic heterocycles. The predicted octanol–water partition coefficient (Wildman–Crippen LogP) is 2.60. The van der Waals surface area contributed by atoms with Crippen molar-refractivity contribution < 1.29 is 9.53 Å². The standard InChI is InChI=1S/C17H22N4O2/c1-12-6-4-7-13(2)15(12)21-17-19-10-14(11-20-17)16(22)18-8-5-9-23-3/h4,6-7,10-11H,5,8-9H2,1-3H3,(H,18,22)(H,19,20,21). The van der Waals surface area contributed by atoms with Crippen LogP contribution in [0.2, 0.25) is 0 Å². The summed E-state index contributed by atoms with van der Waals surface area (Å²) in [6, 6.07) is 6.06. The molecule has 0 fully saturated rings. The zero-order chi connectivity index (χ0) is 16.7. The van der Waals surface area contributed by atoms with Gasteiger partial charge < -0.3 is 15.4 Å². The highest BCUT2D eigenvalue weighted by Crippen LogP contribution is 2.22. The number of aryl methyl sites for hydroxylation is 2. The van der Waals surface area contributed by atoms with Crippen LogP contribution in [0.3, 0.4) is 0 Å². The number of amides is 1. The van der Waals surface area contributed by atoms with E-state index in [1.165, 1.54) is 12.4 Å². The predicted molar refractivity (Wildman–Crippen MR) is 90.1 cm³/mol. The maximum atomic E-state index is 11.9. The zero-order valence-corrected chi connectivity index (χ0v) is 13.7. The Labute approximate surface area is 136 Å². The summed E-state index contributed by atoms with van der Waals surface area (Å²) in [6.45, 7) is 5.23. The summed E-state index contributed by atoms with van der Waals surface area (Å²) in [7, 11) is 1.64. The SMILES string of the molecule is COCCCNC(=O)c1cnc(Nc2c(C)cccc2C)nc1. The molecule has 0 bridgehead atoms. The van der Waals surface area contributed by atoms with Crippen LogP contribution in [0.25, 0.3) is 0 Å². The highest BCUT2D eigenvalue weighted by molar-refractivity contribution is 5.93. The first-order chi connectivity index (χ1) is 11.1. The van der Waals surface area contributed by atoms with Crippen molar-refractivity contribution in [2.24, 2.45) is 0 Å². The molecular formula is C17H22N4O2. The van der Waals surface area contributed by atoms with Gasteiger partial charge in [0.05, 0.1) is 5.56 Å². The minimum absolute atomic E-state index is 0.181. The molecule has 6 heteroatoms. The Morgan fingerprint density at radius 3 is 2.43 bits per heavy atom. The van der Waals surface area contributed by atoms with E-state index in [0.717, 1.165) is 23.2 Å². The van der Waals surface area contributed by atoms with Gasteiger partial charge in [-0.05, 0) is 31.4 Å². The molecule has 1 aromatic carbocycles. The van der Waals surface area contributed by atoms with Gasteiger partial charge in [-0.2, -0.15) is 0 Å². The number of ether oxygens (including phenoxy) is 1. The Hall–Kier alpha value is -2.47. The van der Waals surface area contributed by atoms with Crippen molar-refractivity contribution in [2.75, 3.05) is 25.6 Å². The van der Waals surface area contributed by atoms with E-state index in [1.54, 1.807) is 7.11 Å². The van der Waals surface area contributed by atoms with Crippen molar-refractivity contribution in [1.82, 2.24) is 15.3 Å². The summed E-state index contributed by atoms with van der Waals surface area (Å²) >= 11 is 0. The lowest BCUT2D eigenvalue weighted by Gasteiger charge is -2.11. The van der Waals surface area contributed by atoms with Gasteiger partial charge in [0.15, 0.2) is 0 Å². The summed E-state index contributed by atoms with van der Waals surface area (Å²) in [4.78, 5) is 20.4. The number of benzene rings is 1. The fraction of sp³-hybridized carbons (Fsp3) is 0.353. The minimum Gasteiger partial charge on any atom is -0.385 e. The molecule has 0 radical (unpaired) electrons. The maximum absolute atomic E-state index is 11.9. The van der Waals surface area contributed by atoms with Crippen molar-refractivity contribution >= 4 is 17.5 Å². The number of anilines is 2. The third kappa shape index (κ3) is 4.75. The first-order valence-electron chi connectivity index (χ1n) is 7.54. The molecule has 23 heavy (non-hydrogen) atoms. The third-order valence-corrected chi connectivity index (χ3v) is 3.44. The number of methoxy groups -OCH3 is 1. The lowest BCUT2D eigenvalue weighted by atomic mass is 10.1. The highest BCUT2D eigenvalue weighted by Gasteiger charge is 2.08. The Balaban J connectivity index is 1.98. The van der Waals surface area contributed by atoms with E-state index in [4.69, 9.17) is 4.74 Å². The van der Waals surface area contributed by atoms with Gasteiger partial charge in [0, 0.05) is 38.3 Å². The number of carbonyl (C=O) groups is 1. The fourth-order valence-electron chi connectivity index (χ4n) is 2.15. The Kier molecular flexibility index (Phi) is 6.05. The molecule has 6 nitrogen and oxygen atoms in total. The zero-order valence-electron chi connectivity index (χ0n) is 13.7. The molecule has 0 atom stereocenters. The number of aromatic nitrogens is 2. The van der Waals surface area contributed by atoms with Crippen LogP contribution in [0.1, 0.15) is 27.9 Å². The number of nitrogens with zero attached hydrogens (tertiary/aromatic N) is 2. The summed E-state index contributed by atoms with van der Waals surface area (Å²) in [5.74, 6) is 0.290. The van der Waals surface area contributed by atoms with Crippen molar-refractivity contribution in [3.8, 4) is 0 Å². The molecule has 122 valence electrons. The summed E-state index contributed by atoms with van der Waals surface area (Å²) in [6.07, 6.45) is 3.82. The van der Waals surface area contributed by atoms with Gasteiger partial charge in [0.25, 0.3) is 5.91 Å². The van der Waals surface area contributed by atoms with Crippen molar-refractivity contribution in [1.29, 1.82) is 0 Å². The van der Waals surface area contributed by atoms with Crippen LogP contribution >= 0.6 is 0 Å². The monoisotopic (exact) mass is 314 g/mol. The lowest BCUT2D eigenvalue weighted by molar-refractivity contribution is 0.0948. The van der Waals surface area contributed by atoms with Gasteiger partial charge in [-0.15, -0.1) is 0 Å². The first kappa shape index (κ1) is 16.9. The van der Waals surface area contributed by atoms with Gasteiger partial charge in [-0.1, -0.05) is 18.2 Å². The summed E-state index contributed by atoms with van der Waals surface area (Å²) in [5, 5.41) is 6.00. The first-order valence-corrected chi connectivity index (χ1v) is 7.54. The van der Waals surface area contributed by atoms with Crippen LogP contribution in [0.4, 0.5) is 11.6 Å². The molecule has 2 rings (SSSR count). The van der Waals surface area contributed by atoms with Crippen molar-refractivity contribution in [2.45, 2.75) is 20.3 Å². The van der Waals surface area contributed by atoms with Crippen LogP contribution < -0.4 is 10.6 Å². The fourth-order valence-corrected chi connectivity index (χ4v) is 2.15. The summed E-state index contributed by atoms with van der Waals surface area (Å²) in [5.41, 5.74) is 3.67. The number of nitrogens with one attached hydrogen (secondary N) is 2. The van der Waals surface area contributed by atoms with E-state index >= 15 is 0 Å². The minimum atomic E-state index is -0.181. The second kappa shape index (κ2) is 8.24. The van der Waals surface area contributed by atoms with E-state index in [1.807, 2.05) is 32.0 Å². The number of hydrogen-bond acceptors (Lipinski definition) is 5. The Morgan fingerprint density at radius 2 is 1.83 bits per heavy atom. The maximum Gasteiger partial charge on any atom is 0.254 e. The highest BCUT2D eigenvalue weighted by atomic mass is 16.5. The largest absolute Gasteiger partial charge is 0.385 e. The average Bonchev–Trinajstić information content (AvgIpc) is 2.55.